The minimum absolute atomic E-state index is 0.241. The van der Waals surface area contributed by atoms with Crippen molar-refractivity contribution in [1.29, 1.82) is 0 Å². The van der Waals surface area contributed by atoms with E-state index >= 15 is 0 Å². The lowest BCUT2D eigenvalue weighted by atomic mass is 10.3. The number of hydrogen-bond donors (Lipinski definition) is 3. The van der Waals surface area contributed by atoms with Gasteiger partial charge in [0.15, 0.2) is 0 Å². The average Bonchev–Trinajstić information content (AvgIpc) is 2.27. The molecule has 0 saturated carbocycles. The number of hydrogen-bond acceptors (Lipinski definition) is 4. The maximum Gasteiger partial charge on any atom is 0.123 e. The van der Waals surface area contributed by atoms with E-state index in [9.17, 15) is 5.11 Å². The first-order valence-electron chi connectivity index (χ1n) is 4.98. The number of aromatic hydroxyl groups is 1. The van der Waals surface area contributed by atoms with Crippen molar-refractivity contribution >= 4 is 11.5 Å². The lowest BCUT2D eigenvalue weighted by Crippen LogP contribution is -2.02. The molecule has 1 aromatic carbocycles. The Morgan fingerprint density at radius 1 is 1.19 bits per heavy atom. The van der Waals surface area contributed by atoms with Crippen molar-refractivity contribution in [3.05, 3.63) is 48.2 Å². The summed E-state index contributed by atoms with van der Waals surface area (Å²) in [5.74, 6) is 0.751. The molecule has 4 N–H and O–H groups in total. The van der Waals surface area contributed by atoms with Crippen molar-refractivity contribution in [2.24, 2.45) is 0 Å². The van der Waals surface area contributed by atoms with Gasteiger partial charge < -0.3 is 16.2 Å². The fourth-order valence-corrected chi connectivity index (χ4v) is 1.41. The van der Waals surface area contributed by atoms with Crippen LogP contribution in [0.1, 0.15) is 5.69 Å². The van der Waals surface area contributed by atoms with Gasteiger partial charge in [0.1, 0.15) is 11.6 Å². The molecule has 0 atom stereocenters. The maximum absolute atomic E-state index is 9.28. The lowest BCUT2D eigenvalue weighted by molar-refractivity contribution is 0.475. The third-order valence-corrected chi connectivity index (χ3v) is 2.15. The first kappa shape index (κ1) is 10.3. The fourth-order valence-electron chi connectivity index (χ4n) is 1.41. The fraction of sp³-hybridized carbons (Fsp3) is 0.0833. The number of nitrogens with zero attached hydrogens (tertiary/aromatic N) is 1. The van der Waals surface area contributed by atoms with Crippen LogP contribution < -0.4 is 11.1 Å². The smallest absolute Gasteiger partial charge is 0.123 e. The highest BCUT2D eigenvalue weighted by Crippen LogP contribution is 2.15. The molecule has 0 radical (unpaired) electrons. The minimum atomic E-state index is 0.241. The Kier molecular flexibility index (Phi) is 2.91. The van der Waals surface area contributed by atoms with Gasteiger partial charge in [0.2, 0.25) is 0 Å². The second-order valence-corrected chi connectivity index (χ2v) is 3.46. The van der Waals surface area contributed by atoms with Gasteiger partial charge in [-0.05, 0) is 24.3 Å². The van der Waals surface area contributed by atoms with Crippen LogP contribution in [0.4, 0.5) is 11.5 Å². The first-order chi connectivity index (χ1) is 7.74. The molecule has 0 aliphatic rings. The quantitative estimate of drug-likeness (QED) is 0.732. The molecule has 1 aromatic heterocycles. The molecule has 4 heteroatoms. The van der Waals surface area contributed by atoms with Gasteiger partial charge in [-0.1, -0.05) is 12.1 Å². The SMILES string of the molecule is Nc1cccc(CNc2cccc(O)c2)n1. The van der Waals surface area contributed by atoms with Crippen LogP contribution in [-0.2, 0) is 6.54 Å². The van der Waals surface area contributed by atoms with E-state index in [1.54, 1.807) is 24.3 Å². The molecule has 16 heavy (non-hydrogen) atoms. The van der Waals surface area contributed by atoms with Crippen LogP contribution >= 0.6 is 0 Å². The van der Waals surface area contributed by atoms with Crippen molar-refractivity contribution < 1.29 is 5.11 Å². The predicted octanol–water partition coefficient (Wildman–Crippen LogP) is 1.98. The van der Waals surface area contributed by atoms with Gasteiger partial charge in [-0.3, -0.25) is 0 Å². The first-order valence-corrected chi connectivity index (χ1v) is 4.98. The van der Waals surface area contributed by atoms with Gasteiger partial charge in [0, 0.05) is 11.8 Å². The van der Waals surface area contributed by atoms with Gasteiger partial charge in [-0.2, -0.15) is 0 Å². The van der Waals surface area contributed by atoms with Crippen LogP contribution in [0.3, 0.4) is 0 Å². The summed E-state index contributed by atoms with van der Waals surface area (Å²) in [5.41, 5.74) is 7.29. The molecule has 0 bridgehead atoms. The van der Waals surface area contributed by atoms with E-state index in [0.29, 0.717) is 12.4 Å². The van der Waals surface area contributed by atoms with Gasteiger partial charge in [0.05, 0.1) is 12.2 Å². The summed E-state index contributed by atoms with van der Waals surface area (Å²) in [6.07, 6.45) is 0. The number of anilines is 2. The zero-order chi connectivity index (χ0) is 11.4. The molecule has 0 amide bonds. The predicted molar refractivity (Wildman–Crippen MR) is 64.1 cm³/mol. The molecule has 2 aromatic rings. The number of benzene rings is 1. The monoisotopic (exact) mass is 215 g/mol. The molecule has 0 spiro atoms. The Hall–Kier alpha value is -2.23. The molecule has 82 valence electrons. The van der Waals surface area contributed by atoms with Crippen LogP contribution in [0.5, 0.6) is 5.75 Å². The van der Waals surface area contributed by atoms with Crippen LogP contribution in [0, 0.1) is 0 Å². The van der Waals surface area contributed by atoms with E-state index in [1.165, 1.54) is 0 Å². The molecule has 0 aliphatic heterocycles. The molecule has 0 fully saturated rings. The van der Waals surface area contributed by atoms with Crippen molar-refractivity contribution in [2.75, 3.05) is 11.1 Å². The van der Waals surface area contributed by atoms with Gasteiger partial charge in [-0.15, -0.1) is 0 Å². The number of nitrogens with two attached hydrogens (primary N) is 1. The van der Waals surface area contributed by atoms with E-state index in [1.807, 2.05) is 18.2 Å². The van der Waals surface area contributed by atoms with E-state index in [-0.39, 0.29) is 5.75 Å². The number of rotatable bonds is 3. The van der Waals surface area contributed by atoms with Crippen molar-refractivity contribution in [2.45, 2.75) is 6.54 Å². The van der Waals surface area contributed by atoms with E-state index in [0.717, 1.165) is 11.4 Å². The second-order valence-electron chi connectivity index (χ2n) is 3.46. The molecule has 0 aliphatic carbocycles. The van der Waals surface area contributed by atoms with Crippen molar-refractivity contribution in [3.8, 4) is 5.75 Å². The summed E-state index contributed by atoms with van der Waals surface area (Å²) in [4.78, 5) is 4.16. The summed E-state index contributed by atoms with van der Waals surface area (Å²) >= 11 is 0. The Bertz CT molecular complexity index is 440. The third-order valence-electron chi connectivity index (χ3n) is 2.15. The Balaban J connectivity index is 2.02. The molecule has 2 rings (SSSR count). The van der Waals surface area contributed by atoms with Crippen molar-refractivity contribution in [1.82, 2.24) is 4.98 Å². The van der Waals surface area contributed by atoms with Gasteiger partial charge in [0.25, 0.3) is 0 Å². The van der Waals surface area contributed by atoms with Crippen LogP contribution in [0.2, 0.25) is 0 Å². The number of phenolic OH excluding ortho intramolecular Hbond substituents is 1. The normalized spacial score (nSPS) is 10.0. The number of nitrogens with one attached hydrogen (secondary N) is 1. The highest BCUT2D eigenvalue weighted by Gasteiger charge is 1.96. The van der Waals surface area contributed by atoms with E-state index in [4.69, 9.17) is 5.73 Å². The minimum Gasteiger partial charge on any atom is -0.508 e. The number of phenols is 1. The third kappa shape index (κ3) is 2.63. The zero-order valence-electron chi connectivity index (χ0n) is 8.72. The maximum atomic E-state index is 9.28. The summed E-state index contributed by atoms with van der Waals surface area (Å²) in [6, 6.07) is 12.5. The highest BCUT2D eigenvalue weighted by atomic mass is 16.3. The molecule has 4 nitrogen and oxygen atoms in total. The summed E-state index contributed by atoms with van der Waals surface area (Å²) in [5, 5.41) is 12.4. The molecule has 0 saturated heterocycles. The molecule has 0 unspecified atom stereocenters. The van der Waals surface area contributed by atoms with Gasteiger partial charge in [-0.25, -0.2) is 4.98 Å². The number of nitrogen functional groups attached to an aromatic ring is 1. The van der Waals surface area contributed by atoms with E-state index < -0.39 is 0 Å². The number of aromatic nitrogens is 1. The number of pyridine rings is 1. The van der Waals surface area contributed by atoms with Crippen molar-refractivity contribution in [3.63, 3.8) is 0 Å². The summed E-state index contributed by atoms with van der Waals surface area (Å²) in [7, 11) is 0. The molecule has 1 heterocycles. The lowest BCUT2D eigenvalue weighted by Gasteiger charge is -2.06. The highest BCUT2D eigenvalue weighted by molar-refractivity contribution is 5.47. The summed E-state index contributed by atoms with van der Waals surface area (Å²) in [6.45, 7) is 0.578. The zero-order valence-corrected chi connectivity index (χ0v) is 8.72. The standard InChI is InChI=1S/C12H13N3O/c13-12-6-2-4-10(15-12)8-14-9-3-1-5-11(16)7-9/h1-7,14,16H,8H2,(H2,13,15). The topological polar surface area (TPSA) is 71.2 Å². The molecular weight excluding hydrogens is 202 g/mol. The Labute approximate surface area is 93.8 Å². The summed E-state index contributed by atoms with van der Waals surface area (Å²) < 4.78 is 0. The molecular formula is C12H13N3O. The Morgan fingerprint density at radius 2 is 2.00 bits per heavy atom. The van der Waals surface area contributed by atoms with Crippen LogP contribution in [0.25, 0.3) is 0 Å². The second kappa shape index (κ2) is 4.53. The van der Waals surface area contributed by atoms with Crippen LogP contribution in [-0.4, -0.2) is 10.1 Å². The van der Waals surface area contributed by atoms with Gasteiger partial charge >= 0.3 is 0 Å². The van der Waals surface area contributed by atoms with E-state index in [2.05, 4.69) is 10.3 Å². The average molecular weight is 215 g/mol. The Morgan fingerprint density at radius 3 is 2.75 bits per heavy atom. The van der Waals surface area contributed by atoms with Crippen LogP contribution in [0.15, 0.2) is 42.5 Å². The largest absolute Gasteiger partial charge is 0.508 e.